The number of benzene rings is 5. The number of nitrogens with zero attached hydrogens (tertiary/aromatic N) is 5. The van der Waals surface area contributed by atoms with Crippen molar-refractivity contribution < 1.29 is 30.4 Å². The van der Waals surface area contributed by atoms with Gasteiger partial charge in [0.2, 0.25) is 6.33 Å². The van der Waals surface area contributed by atoms with Gasteiger partial charge in [0.05, 0.1) is 18.1 Å². The van der Waals surface area contributed by atoms with Gasteiger partial charge in [0.25, 0.3) is 0 Å². The standard InChI is InChI=1S/C59H57N5O.Pt/c1-55(2,3)35-27-40-41-28-36(56(4,5)6)30-46(58(10,11)12)53(41)59(52(40)45(29-35)57(7,8)9)43-23-21-38(32-50(43)63-34-62(13)48-18-16-17-44(59)54(48)63)65-37-20-22-39-42-33-60-26-24-47(42)64(49(39)31-37)51-19-14-15-25-61-51;/h14-30,33H,1-13H3;/q-2;. The van der Waals surface area contributed by atoms with Gasteiger partial charge >= 0.3 is 0 Å². The van der Waals surface area contributed by atoms with Crippen LogP contribution >= 0.6 is 0 Å². The number of aryl methyl sites for hydroxylation is 1. The van der Waals surface area contributed by atoms with E-state index in [0.717, 1.165) is 44.3 Å². The van der Waals surface area contributed by atoms with Crippen LogP contribution in [0.5, 0.6) is 11.5 Å². The van der Waals surface area contributed by atoms with Crippen LogP contribution in [0.3, 0.4) is 0 Å². The Morgan fingerprint density at radius 2 is 1.26 bits per heavy atom. The first-order chi connectivity index (χ1) is 30.7. The molecule has 0 N–H and O–H groups in total. The second kappa shape index (κ2) is 14.6. The van der Waals surface area contributed by atoms with Gasteiger partial charge in [0, 0.05) is 62.1 Å². The van der Waals surface area contributed by atoms with Crippen LogP contribution in [-0.4, -0.2) is 19.1 Å². The van der Waals surface area contributed by atoms with Gasteiger partial charge in [-0.15, -0.1) is 35.2 Å². The normalized spacial score (nSPS) is 14.1. The van der Waals surface area contributed by atoms with Gasteiger partial charge in [-0.3, -0.25) is 4.98 Å². The first-order valence-electron chi connectivity index (χ1n) is 23.0. The van der Waals surface area contributed by atoms with Gasteiger partial charge in [-0.25, -0.2) is 4.98 Å². The Hall–Kier alpha value is -5.84. The summed E-state index contributed by atoms with van der Waals surface area (Å²) < 4.78 is 13.4. The number of pyridine rings is 2. The van der Waals surface area contributed by atoms with Crippen LogP contribution < -0.4 is 9.30 Å². The third kappa shape index (κ3) is 6.34. The molecule has 0 amide bonds. The van der Waals surface area contributed by atoms with Crippen molar-refractivity contribution in [2.75, 3.05) is 0 Å². The molecule has 5 aromatic carbocycles. The summed E-state index contributed by atoms with van der Waals surface area (Å²) in [5.41, 5.74) is 17.1. The fourth-order valence-corrected chi connectivity index (χ4v) is 10.8. The number of ether oxygens (including phenoxy) is 1. The van der Waals surface area contributed by atoms with E-state index in [1.807, 2.05) is 48.9 Å². The summed E-state index contributed by atoms with van der Waals surface area (Å²) in [6.07, 6.45) is 9.28. The minimum atomic E-state index is -0.690. The molecule has 0 bridgehead atoms. The van der Waals surface area contributed by atoms with Crippen molar-refractivity contribution in [1.82, 2.24) is 19.1 Å². The Labute approximate surface area is 404 Å². The SMILES string of the molecule is C[n+]1[c-]n2c3c(cccc31)C1(c3ccc(Oc4[c-]c5c(cc4)c4cnccc4n5-c4ccccn4)[c-]c3-2)c2c(cc(C(C)(C)C)cc2C(C)(C)C)-c2cc(C(C)(C)C)cc(C(C)(C)C)c21.[Pt]. The first-order valence-corrected chi connectivity index (χ1v) is 23.0. The van der Waals surface area contributed by atoms with Gasteiger partial charge in [0.15, 0.2) is 0 Å². The molecule has 9 aromatic rings. The van der Waals surface area contributed by atoms with Crippen LogP contribution in [0, 0.1) is 18.5 Å². The molecule has 0 saturated heterocycles. The van der Waals surface area contributed by atoms with Crippen LogP contribution in [0.25, 0.3) is 55.5 Å². The Bertz CT molecular complexity index is 3370. The van der Waals surface area contributed by atoms with E-state index >= 15 is 0 Å². The minimum absolute atomic E-state index is 0. The molecule has 0 saturated carbocycles. The summed E-state index contributed by atoms with van der Waals surface area (Å²) in [7, 11) is 2.10. The van der Waals surface area contributed by atoms with E-state index in [2.05, 4.69) is 188 Å². The molecule has 7 heteroatoms. The molecule has 2 aliphatic rings. The second-order valence-corrected chi connectivity index (χ2v) is 22.5. The summed E-state index contributed by atoms with van der Waals surface area (Å²) >= 11 is 0. The molecule has 0 fully saturated rings. The van der Waals surface area contributed by atoms with E-state index in [-0.39, 0.29) is 42.7 Å². The first kappa shape index (κ1) is 44.0. The fraction of sp³-hybridized carbons (Fsp3) is 0.305. The van der Waals surface area contributed by atoms with Crippen LogP contribution in [0.4, 0.5) is 0 Å². The van der Waals surface area contributed by atoms with Gasteiger partial charge in [-0.1, -0.05) is 143 Å². The van der Waals surface area contributed by atoms with E-state index in [1.165, 1.54) is 55.6 Å². The zero-order valence-electron chi connectivity index (χ0n) is 40.4. The second-order valence-electron chi connectivity index (χ2n) is 22.5. The predicted octanol–water partition coefficient (Wildman–Crippen LogP) is 13.4. The topological polar surface area (TPSA) is 48.8 Å². The number of fused-ring (bicyclic) bond motifs is 12. The van der Waals surface area contributed by atoms with E-state index < -0.39 is 5.41 Å². The van der Waals surface area contributed by atoms with E-state index in [1.54, 1.807) is 0 Å². The summed E-state index contributed by atoms with van der Waals surface area (Å²) in [6.45, 7) is 28.4. The largest absolute Gasteiger partial charge is 0.510 e. The summed E-state index contributed by atoms with van der Waals surface area (Å²) in [6, 6.07) is 41.0. The molecule has 66 heavy (non-hydrogen) atoms. The van der Waals surface area contributed by atoms with Gasteiger partial charge in [0.1, 0.15) is 5.82 Å². The number of imidazole rings is 1. The quantitative estimate of drug-likeness (QED) is 0.131. The van der Waals surface area contributed by atoms with Crippen molar-refractivity contribution in [3.05, 3.63) is 173 Å². The van der Waals surface area contributed by atoms with Crippen LogP contribution in [0.15, 0.2) is 110 Å². The molecule has 1 spiro atoms. The molecule has 0 atom stereocenters. The summed E-state index contributed by atoms with van der Waals surface area (Å²) in [4.78, 5) is 9.20. The van der Waals surface area contributed by atoms with Crippen LogP contribution in [0.1, 0.15) is 128 Å². The molecule has 5 heterocycles. The molecular formula is C59H57N5OPt-2. The molecular weight excluding hydrogens is 990 g/mol. The third-order valence-corrected chi connectivity index (χ3v) is 14.0. The van der Waals surface area contributed by atoms with Gasteiger partial charge in [-0.2, -0.15) is 12.1 Å². The Morgan fingerprint density at radius 1 is 0.621 bits per heavy atom. The Balaban J connectivity index is 0.00000511. The monoisotopic (exact) mass is 1050 g/mol. The molecule has 0 unspecified atom stereocenters. The van der Waals surface area contributed by atoms with Crippen LogP contribution in [-0.2, 0) is 55.2 Å². The van der Waals surface area contributed by atoms with E-state index in [0.29, 0.717) is 11.5 Å². The maximum atomic E-state index is 6.89. The summed E-state index contributed by atoms with van der Waals surface area (Å²) in [5, 5.41) is 2.06. The molecule has 4 aromatic heterocycles. The van der Waals surface area contributed by atoms with E-state index in [9.17, 15) is 0 Å². The Morgan fingerprint density at radius 3 is 1.86 bits per heavy atom. The molecule has 336 valence electrons. The van der Waals surface area contributed by atoms with Crippen molar-refractivity contribution in [2.45, 2.75) is 110 Å². The molecule has 0 radical (unpaired) electrons. The zero-order chi connectivity index (χ0) is 45.7. The minimum Gasteiger partial charge on any atom is -0.510 e. The van der Waals surface area contributed by atoms with Crippen molar-refractivity contribution in [3.8, 4) is 34.1 Å². The van der Waals surface area contributed by atoms with Gasteiger partial charge < -0.3 is 18.4 Å². The average molecular weight is 1050 g/mol. The Kier molecular flexibility index (Phi) is 9.72. The van der Waals surface area contributed by atoms with Crippen molar-refractivity contribution in [2.24, 2.45) is 7.05 Å². The maximum Gasteiger partial charge on any atom is 0.242 e. The zero-order valence-corrected chi connectivity index (χ0v) is 42.6. The number of para-hydroxylation sites is 1. The van der Waals surface area contributed by atoms with Crippen molar-refractivity contribution >= 4 is 32.8 Å². The van der Waals surface area contributed by atoms with E-state index in [4.69, 9.17) is 9.72 Å². The van der Waals surface area contributed by atoms with Crippen molar-refractivity contribution in [3.63, 3.8) is 0 Å². The summed E-state index contributed by atoms with van der Waals surface area (Å²) in [5.74, 6) is 2.00. The molecule has 1 aliphatic heterocycles. The average Bonchev–Trinajstić information content (AvgIpc) is 3.87. The molecule has 6 nitrogen and oxygen atoms in total. The van der Waals surface area contributed by atoms with Crippen LogP contribution in [0.2, 0.25) is 0 Å². The van der Waals surface area contributed by atoms with Gasteiger partial charge in [-0.05, 0) is 95.3 Å². The number of rotatable bonds is 3. The predicted molar refractivity (Wildman–Crippen MR) is 263 cm³/mol. The van der Waals surface area contributed by atoms with Crippen molar-refractivity contribution in [1.29, 1.82) is 0 Å². The molecule has 11 rings (SSSR count). The fourth-order valence-electron chi connectivity index (χ4n) is 10.8. The maximum absolute atomic E-state index is 6.89. The smallest absolute Gasteiger partial charge is 0.242 e. The number of hydrogen-bond acceptors (Lipinski definition) is 3. The third-order valence-electron chi connectivity index (χ3n) is 14.0. The number of hydrogen-bond donors (Lipinski definition) is 0. The molecule has 1 aliphatic carbocycles. The number of aromatic nitrogens is 5.